The second kappa shape index (κ2) is 9.30. The number of amides is 2. The van der Waals surface area contributed by atoms with E-state index in [9.17, 15) is 4.79 Å². The molecule has 176 valence electrons. The Labute approximate surface area is 194 Å². The zero-order chi connectivity index (χ0) is 22.8. The first-order valence-electron chi connectivity index (χ1n) is 11.5. The van der Waals surface area contributed by atoms with Crippen LogP contribution < -0.4 is 24.6 Å². The lowest BCUT2D eigenvalue weighted by Gasteiger charge is -2.36. The number of nitrogens with zero attached hydrogens (tertiary/aromatic N) is 6. The van der Waals surface area contributed by atoms with Gasteiger partial charge in [0.2, 0.25) is 0 Å². The lowest BCUT2D eigenvalue weighted by atomic mass is 10.2. The predicted octanol–water partition coefficient (Wildman–Crippen LogP) is 1.66. The highest BCUT2D eigenvalue weighted by molar-refractivity contribution is 5.90. The van der Waals surface area contributed by atoms with Crippen LogP contribution in [0.5, 0.6) is 11.5 Å². The number of ether oxygens (including phenoxy) is 2. The molecule has 0 aliphatic carbocycles. The summed E-state index contributed by atoms with van der Waals surface area (Å²) < 4.78 is 11.2. The molecule has 1 aromatic carbocycles. The standard InChI is InChI=1S/C23H31N7O3/c1-17-24-21(28-7-5-27(2)6-8-28)16-22(25-17)29-9-11-30(12-10-29)23(31)26-18-3-4-19-20(15-18)33-14-13-32-19/h3-4,15-16H,5-14H2,1-2H3,(H,26,31). The van der Waals surface area contributed by atoms with Crippen molar-refractivity contribution in [1.29, 1.82) is 0 Å². The van der Waals surface area contributed by atoms with Crippen molar-refractivity contribution in [3.63, 3.8) is 0 Å². The molecule has 1 N–H and O–H groups in total. The molecule has 33 heavy (non-hydrogen) atoms. The van der Waals surface area contributed by atoms with Crippen LogP contribution in [-0.2, 0) is 0 Å². The first-order chi connectivity index (χ1) is 16.0. The first kappa shape index (κ1) is 21.6. The van der Waals surface area contributed by atoms with Gasteiger partial charge in [0.15, 0.2) is 11.5 Å². The molecular weight excluding hydrogens is 422 g/mol. The van der Waals surface area contributed by atoms with Gasteiger partial charge in [-0.15, -0.1) is 0 Å². The van der Waals surface area contributed by atoms with Gasteiger partial charge in [-0.25, -0.2) is 14.8 Å². The minimum absolute atomic E-state index is 0.108. The Morgan fingerprint density at radius 1 is 0.848 bits per heavy atom. The van der Waals surface area contributed by atoms with Crippen molar-refractivity contribution in [2.75, 3.05) is 87.7 Å². The van der Waals surface area contributed by atoms with Crippen molar-refractivity contribution in [2.24, 2.45) is 0 Å². The van der Waals surface area contributed by atoms with Crippen LogP contribution in [0.1, 0.15) is 5.82 Å². The van der Waals surface area contributed by atoms with E-state index >= 15 is 0 Å². The van der Waals surface area contributed by atoms with E-state index in [1.54, 1.807) is 0 Å². The number of nitrogens with one attached hydrogen (secondary N) is 1. The number of hydrogen-bond donors (Lipinski definition) is 1. The number of piperazine rings is 2. The van der Waals surface area contributed by atoms with E-state index in [2.05, 4.69) is 43.1 Å². The smallest absolute Gasteiger partial charge is 0.321 e. The highest BCUT2D eigenvalue weighted by Crippen LogP contribution is 2.32. The minimum atomic E-state index is -0.108. The quantitative estimate of drug-likeness (QED) is 0.751. The van der Waals surface area contributed by atoms with Gasteiger partial charge in [-0.3, -0.25) is 0 Å². The normalized spacial score (nSPS) is 18.9. The Morgan fingerprint density at radius 3 is 2.12 bits per heavy atom. The van der Waals surface area contributed by atoms with Gasteiger partial charge >= 0.3 is 6.03 Å². The number of likely N-dealkylation sites (N-methyl/N-ethyl adjacent to an activating group) is 1. The Bertz CT molecular complexity index is 1000. The van der Waals surface area contributed by atoms with Crippen molar-refractivity contribution >= 4 is 23.4 Å². The van der Waals surface area contributed by atoms with Gasteiger partial charge < -0.3 is 34.4 Å². The fourth-order valence-corrected chi connectivity index (χ4v) is 4.36. The number of carbonyl (C=O) groups excluding carboxylic acids is 1. The highest BCUT2D eigenvalue weighted by atomic mass is 16.6. The average Bonchev–Trinajstić information content (AvgIpc) is 2.84. The molecule has 0 radical (unpaired) electrons. The average molecular weight is 454 g/mol. The molecule has 2 fully saturated rings. The van der Waals surface area contributed by atoms with Gasteiger partial charge in [-0.05, 0) is 26.1 Å². The largest absolute Gasteiger partial charge is 0.486 e. The molecule has 0 unspecified atom stereocenters. The molecule has 1 aromatic heterocycles. The molecule has 0 saturated carbocycles. The third-order valence-electron chi connectivity index (χ3n) is 6.32. The van der Waals surface area contributed by atoms with Gasteiger partial charge in [-0.1, -0.05) is 0 Å². The summed E-state index contributed by atoms with van der Waals surface area (Å²) in [6.45, 7) is 9.75. The number of urea groups is 1. The number of aromatic nitrogens is 2. The molecule has 10 heteroatoms. The molecule has 0 atom stereocenters. The second-order valence-electron chi connectivity index (χ2n) is 8.68. The number of carbonyl (C=O) groups is 1. The summed E-state index contributed by atoms with van der Waals surface area (Å²) in [7, 11) is 2.15. The van der Waals surface area contributed by atoms with E-state index in [0.29, 0.717) is 43.5 Å². The molecule has 4 heterocycles. The summed E-state index contributed by atoms with van der Waals surface area (Å²) in [6, 6.07) is 7.46. The fraction of sp³-hybridized carbons (Fsp3) is 0.522. The molecule has 3 aliphatic rings. The summed E-state index contributed by atoms with van der Waals surface area (Å²) in [5.41, 5.74) is 0.704. The Morgan fingerprint density at radius 2 is 1.45 bits per heavy atom. The third kappa shape index (κ3) is 4.90. The fourth-order valence-electron chi connectivity index (χ4n) is 4.36. The van der Waals surface area contributed by atoms with Gasteiger partial charge in [0.25, 0.3) is 0 Å². The van der Waals surface area contributed by atoms with Crippen LogP contribution in [0.4, 0.5) is 22.1 Å². The minimum Gasteiger partial charge on any atom is -0.486 e. The zero-order valence-electron chi connectivity index (χ0n) is 19.3. The van der Waals surface area contributed by atoms with Crippen molar-refractivity contribution in [3.8, 4) is 11.5 Å². The van der Waals surface area contributed by atoms with E-state index in [4.69, 9.17) is 9.47 Å². The van der Waals surface area contributed by atoms with Crippen LogP contribution in [0, 0.1) is 6.92 Å². The molecule has 3 aliphatic heterocycles. The summed E-state index contributed by atoms with van der Waals surface area (Å²) >= 11 is 0. The van der Waals surface area contributed by atoms with Gasteiger partial charge in [-0.2, -0.15) is 0 Å². The van der Waals surface area contributed by atoms with Crippen molar-refractivity contribution in [1.82, 2.24) is 19.8 Å². The lowest BCUT2D eigenvalue weighted by molar-refractivity contribution is 0.171. The Kier molecular flexibility index (Phi) is 6.08. The lowest BCUT2D eigenvalue weighted by Crippen LogP contribution is -2.50. The first-order valence-corrected chi connectivity index (χ1v) is 11.5. The van der Waals surface area contributed by atoms with Crippen LogP contribution in [0.25, 0.3) is 0 Å². The maximum atomic E-state index is 12.8. The molecule has 2 amide bonds. The summed E-state index contributed by atoms with van der Waals surface area (Å²) in [5.74, 6) is 4.08. The van der Waals surface area contributed by atoms with Crippen LogP contribution in [0.2, 0.25) is 0 Å². The number of hydrogen-bond acceptors (Lipinski definition) is 8. The Balaban J connectivity index is 1.19. The SMILES string of the molecule is Cc1nc(N2CCN(C)CC2)cc(N2CCN(C(=O)Nc3ccc4c(c3)OCCO4)CC2)n1. The topological polar surface area (TPSA) is 86.3 Å². The van der Waals surface area contributed by atoms with E-state index in [-0.39, 0.29) is 6.03 Å². The number of benzene rings is 1. The molecule has 0 spiro atoms. The van der Waals surface area contributed by atoms with Crippen LogP contribution in [0.3, 0.4) is 0 Å². The van der Waals surface area contributed by atoms with E-state index in [1.807, 2.05) is 30.0 Å². The number of rotatable bonds is 3. The van der Waals surface area contributed by atoms with E-state index in [1.165, 1.54) is 0 Å². The molecule has 5 rings (SSSR count). The van der Waals surface area contributed by atoms with Gasteiger partial charge in [0.1, 0.15) is 30.7 Å². The molecule has 0 bridgehead atoms. The van der Waals surface area contributed by atoms with Crippen LogP contribution in [0.15, 0.2) is 24.3 Å². The molecule has 2 aromatic rings. The van der Waals surface area contributed by atoms with E-state index < -0.39 is 0 Å². The third-order valence-corrected chi connectivity index (χ3v) is 6.32. The van der Waals surface area contributed by atoms with Gasteiger partial charge in [0, 0.05) is 70.2 Å². The summed E-state index contributed by atoms with van der Waals surface area (Å²) in [4.78, 5) is 30.9. The maximum Gasteiger partial charge on any atom is 0.321 e. The van der Waals surface area contributed by atoms with Gasteiger partial charge in [0.05, 0.1) is 0 Å². The number of fused-ring (bicyclic) bond motifs is 1. The van der Waals surface area contributed by atoms with Crippen molar-refractivity contribution in [2.45, 2.75) is 6.92 Å². The summed E-state index contributed by atoms with van der Waals surface area (Å²) in [6.07, 6.45) is 0. The van der Waals surface area contributed by atoms with Crippen LogP contribution >= 0.6 is 0 Å². The Hall–Kier alpha value is -3.27. The number of anilines is 3. The zero-order valence-corrected chi connectivity index (χ0v) is 19.3. The highest BCUT2D eigenvalue weighted by Gasteiger charge is 2.24. The monoisotopic (exact) mass is 453 g/mol. The molecule has 10 nitrogen and oxygen atoms in total. The van der Waals surface area contributed by atoms with Crippen LogP contribution in [-0.4, -0.2) is 98.4 Å². The molecule has 2 saturated heterocycles. The van der Waals surface area contributed by atoms with E-state index in [0.717, 1.165) is 56.7 Å². The van der Waals surface area contributed by atoms with Crippen molar-refractivity contribution < 1.29 is 14.3 Å². The summed E-state index contributed by atoms with van der Waals surface area (Å²) in [5, 5.41) is 2.98. The molecular formula is C23H31N7O3. The number of aryl methyl sites for hydroxylation is 1. The maximum absolute atomic E-state index is 12.8. The second-order valence-corrected chi connectivity index (χ2v) is 8.68. The predicted molar refractivity (Wildman–Crippen MR) is 127 cm³/mol. The van der Waals surface area contributed by atoms with Crippen molar-refractivity contribution in [3.05, 3.63) is 30.1 Å².